The van der Waals surface area contributed by atoms with Gasteiger partial charge in [0.25, 0.3) is 5.91 Å². The zero-order valence-corrected chi connectivity index (χ0v) is 12.3. The van der Waals surface area contributed by atoms with Crippen molar-refractivity contribution in [2.75, 3.05) is 5.32 Å². The summed E-state index contributed by atoms with van der Waals surface area (Å²) in [5.74, 6) is -3.34. The van der Waals surface area contributed by atoms with Crippen LogP contribution in [0.15, 0.2) is 30.3 Å². The fourth-order valence-corrected chi connectivity index (χ4v) is 2.10. The van der Waals surface area contributed by atoms with Crippen LogP contribution in [0.2, 0.25) is 5.02 Å². The van der Waals surface area contributed by atoms with Crippen LogP contribution in [0, 0.1) is 23.0 Å². The van der Waals surface area contributed by atoms with Gasteiger partial charge in [-0.05, 0) is 30.3 Å². The first-order valence-electron chi connectivity index (χ1n) is 6.20. The van der Waals surface area contributed by atoms with Crippen LogP contribution in [-0.2, 0) is 6.18 Å². The molecule has 0 saturated carbocycles. The number of nitrogens with zero attached hydrogens (tertiary/aromatic N) is 1. The van der Waals surface area contributed by atoms with Crippen molar-refractivity contribution in [3.63, 3.8) is 0 Å². The average Bonchev–Trinajstić information content (AvgIpc) is 2.49. The Morgan fingerprint density at radius 1 is 1.12 bits per heavy atom. The fourth-order valence-electron chi connectivity index (χ4n) is 1.83. The zero-order chi connectivity index (χ0) is 18.1. The maximum absolute atomic E-state index is 13.8. The third-order valence-corrected chi connectivity index (χ3v) is 3.26. The van der Waals surface area contributed by atoms with E-state index in [2.05, 4.69) is 5.32 Å². The summed E-state index contributed by atoms with van der Waals surface area (Å²) in [6.07, 6.45) is -4.87. The molecule has 0 saturated heterocycles. The molecule has 2 rings (SSSR count). The molecule has 0 aliphatic heterocycles. The lowest BCUT2D eigenvalue weighted by atomic mass is 10.1. The highest BCUT2D eigenvalue weighted by Gasteiger charge is 2.34. The molecule has 2 aromatic rings. The van der Waals surface area contributed by atoms with Crippen molar-refractivity contribution in [2.24, 2.45) is 0 Å². The number of amides is 1. The van der Waals surface area contributed by atoms with Crippen molar-refractivity contribution >= 4 is 23.2 Å². The molecule has 1 N–H and O–H groups in total. The molecule has 0 unspecified atom stereocenters. The standard InChI is InChI=1S/C15H6ClF5N2O/c16-11-4-9(13(18)5-10(11)15(19,20)21)14(24)23-8-1-2-12(17)7(3-8)6-22/h1-5H,(H,23,24). The molecule has 24 heavy (non-hydrogen) atoms. The third kappa shape index (κ3) is 3.63. The van der Waals surface area contributed by atoms with Gasteiger partial charge in [0.05, 0.1) is 21.7 Å². The Morgan fingerprint density at radius 2 is 1.79 bits per heavy atom. The molecule has 0 aliphatic carbocycles. The van der Waals surface area contributed by atoms with Crippen LogP contribution >= 0.6 is 11.6 Å². The van der Waals surface area contributed by atoms with E-state index in [1.165, 1.54) is 0 Å². The van der Waals surface area contributed by atoms with E-state index in [4.69, 9.17) is 16.9 Å². The number of anilines is 1. The van der Waals surface area contributed by atoms with Crippen LogP contribution in [0.5, 0.6) is 0 Å². The van der Waals surface area contributed by atoms with Crippen molar-refractivity contribution < 1.29 is 26.7 Å². The highest BCUT2D eigenvalue weighted by molar-refractivity contribution is 6.32. The lowest BCUT2D eigenvalue weighted by molar-refractivity contribution is -0.137. The molecule has 0 radical (unpaired) electrons. The molecule has 0 bridgehead atoms. The number of nitrogens with one attached hydrogen (secondary N) is 1. The Hall–Kier alpha value is -2.66. The van der Waals surface area contributed by atoms with Crippen molar-refractivity contribution in [3.05, 3.63) is 63.7 Å². The maximum atomic E-state index is 13.8. The van der Waals surface area contributed by atoms with E-state index in [0.29, 0.717) is 6.07 Å². The molecule has 2 aromatic carbocycles. The molecule has 124 valence electrons. The van der Waals surface area contributed by atoms with E-state index >= 15 is 0 Å². The van der Waals surface area contributed by atoms with Gasteiger partial charge in [0.1, 0.15) is 17.7 Å². The Bertz CT molecular complexity index is 858. The largest absolute Gasteiger partial charge is 0.417 e. The topological polar surface area (TPSA) is 52.9 Å². The summed E-state index contributed by atoms with van der Waals surface area (Å²) in [5, 5.41) is 10.0. The van der Waals surface area contributed by atoms with Gasteiger partial charge in [0.15, 0.2) is 0 Å². The minimum Gasteiger partial charge on any atom is -0.322 e. The van der Waals surface area contributed by atoms with Crippen molar-refractivity contribution in [1.82, 2.24) is 0 Å². The quantitative estimate of drug-likeness (QED) is 0.785. The van der Waals surface area contributed by atoms with E-state index < -0.39 is 39.9 Å². The summed E-state index contributed by atoms with van der Waals surface area (Å²) in [6, 6.07) is 5.22. The number of carbonyl (C=O) groups excluding carboxylic acids is 1. The summed E-state index contributed by atoms with van der Waals surface area (Å²) in [7, 11) is 0. The van der Waals surface area contributed by atoms with Crippen molar-refractivity contribution in [1.29, 1.82) is 5.26 Å². The van der Waals surface area contributed by atoms with Crippen molar-refractivity contribution in [3.8, 4) is 6.07 Å². The molecule has 9 heteroatoms. The van der Waals surface area contributed by atoms with E-state index in [0.717, 1.165) is 18.2 Å². The second kappa shape index (κ2) is 6.45. The maximum Gasteiger partial charge on any atom is 0.417 e. The smallest absolute Gasteiger partial charge is 0.322 e. The van der Waals surface area contributed by atoms with Gasteiger partial charge >= 0.3 is 6.18 Å². The number of alkyl halides is 3. The number of carbonyl (C=O) groups is 1. The lowest BCUT2D eigenvalue weighted by Crippen LogP contribution is -2.16. The van der Waals surface area contributed by atoms with Gasteiger partial charge in [-0.3, -0.25) is 4.79 Å². The van der Waals surface area contributed by atoms with Gasteiger partial charge in [-0.15, -0.1) is 0 Å². The predicted molar refractivity (Wildman–Crippen MR) is 75.5 cm³/mol. The Balaban J connectivity index is 2.34. The Kier molecular flexibility index (Phi) is 4.76. The van der Waals surface area contributed by atoms with E-state index in [-0.39, 0.29) is 17.3 Å². The second-order valence-electron chi connectivity index (χ2n) is 4.57. The summed E-state index contributed by atoms with van der Waals surface area (Å²) in [6.45, 7) is 0. The number of benzene rings is 2. The summed E-state index contributed by atoms with van der Waals surface area (Å²) >= 11 is 5.44. The monoisotopic (exact) mass is 360 g/mol. The number of rotatable bonds is 2. The first-order valence-corrected chi connectivity index (χ1v) is 6.58. The van der Waals surface area contributed by atoms with Gasteiger partial charge in [0, 0.05) is 5.69 Å². The SMILES string of the molecule is N#Cc1cc(NC(=O)c2cc(Cl)c(C(F)(F)F)cc2F)ccc1F. The fraction of sp³-hybridized carbons (Fsp3) is 0.0667. The third-order valence-electron chi connectivity index (χ3n) is 2.95. The number of halogens is 6. The van der Waals surface area contributed by atoms with Crippen LogP contribution in [-0.4, -0.2) is 5.91 Å². The van der Waals surface area contributed by atoms with Crippen LogP contribution in [0.1, 0.15) is 21.5 Å². The van der Waals surface area contributed by atoms with Crippen molar-refractivity contribution in [2.45, 2.75) is 6.18 Å². The summed E-state index contributed by atoms with van der Waals surface area (Å²) < 4.78 is 64.8. The van der Waals surface area contributed by atoms with E-state index in [1.54, 1.807) is 6.07 Å². The summed E-state index contributed by atoms with van der Waals surface area (Å²) in [5.41, 5.74) is -2.53. The molecular formula is C15H6ClF5N2O. The first kappa shape index (κ1) is 17.7. The minimum atomic E-state index is -4.87. The van der Waals surface area contributed by atoms with Crippen LogP contribution in [0.3, 0.4) is 0 Å². The zero-order valence-electron chi connectivity index (χ0n) is 11.5. The number of hydrogen-bond donors (Lipinski definition) is 1. The molecule has 0 aliphatic rings. The van der Waals surface area contributed by atoms with Gasteiger partial charge in [-0.25, -0.2) is 8.78 Å². The number of nitriles is 1. The van der Waals surface area contributed by atoms with Crippen LogP contribution < -0.4 is 5.32 Å². The molecule has 0 aromatic heterocycles. The Morgan fingerprint density at radius 3 is 2.38 bits per heavy atom. The van der Waals surface area contributed by atoms with Gasteiger partial charge in [0.2, 0.25) is 0 Å². The highest BCUT2D eigenvalue weighted by atomic mass is 35.5. The molecule has 1 amide bonds. The lowest BCUT2D eigenvalue weighted by Gasteiger charge is -2.12. The predicted octanol–water partition coefficient (Wildman–Crippen LogP) is 4.76. The molecule has 0 fully saturated rings. The average molecular weight is 361 g/mol. The van der Waals surface area contributed by atoms with Gasteiger partial charge < -0.3 is 5.32 Å². The minimum absolute atomic E-state index is 0.0339. The van der Waals surface area contributed by atoms with Crippen LogP contribution in [0.4, 0.5) is 27.6 Å². The first-order chi connectivity index (χ1) is 11.1. The normalized spacial score (nSPS) is 11.0. The van der Waals surface area contributed by atoms with E-state index in [9.17, 15) is 26.7 Å². The van der Waals surface area contributed by atoms with Gasteiger partial charge in [-0.2, -0.15) is 18.4 Å². The second-order valence-corrected chi connectivity index (χ2v) is 4.98. The molecule has 0 heterocycles. The molecular weight excluding hydrogens is 355 g/mol. The van der Waals surface area contributed by atoms with Crippen LogP contribution in [0.25, 0.3) is 0 Å². The highest BCUT2D eigenvalue weighted by Crippen LogP contribution is 2.36. The number of hydrogen-bond acceptors (Lipinski definition) is 2. The molecule has 0 atom stereocenters. The molecule has 0 spiro atoms. The summed E-state index contributed by atoms with van der Waals surface area (Å²) in [4.78, 5) is 12.0. The van der Waals surface area contributed by atoms with Gasteiger partial charge in [-0.1, -0.05) is 11.6 Å². The Labute approximate surface area is 137 Å². The molecule has 3 nitrogen and oxygen atoms in total. The van der Waals surface area contributed by atoms with E-state index in [1.807, 2.05) is 0 Å².